The van der Waals surface area contributed by atoms with Gasteiger partial charge in [0.1, 0.15) is 10.7 Å². The first kappa shape index (κ1) is 37.8. The normalized spacial score (nSPS) is 21.3. The molecule has 4 heterocycles. The van der Waals surface area contributed by atoms with Gasteiger partial charge in [0.2, 0.25) is 5.95 Å². The second-order valence-corrected chi connectivity index (χ2v) is 17.8. The molecule has 2 saturated heterocycles. The summed E-state index contributed by atoms with van der Waals surface area (Å²) in [6.45, 7) is 7.15. The Kier molecular flexibility index (Phi) is 11.8. The molecule has 0 saturated carbocycles. The van der Waals surface area contributed by atoms with E-state index in [-0.39, 0.29) is 11.7 Å². The third-order valence-corrected chi connectivity index (χ3v) is 13.1. The van der Waals surface area contributed by atoms with Gasteiger partial charge in [-0.1, -0.05) is 18.2 Å². The van der Waals surface area contributed by atoms with E-state index in [0.29, 0.717) is 83.1 Å². The van der Waals surface area contributed by atoms with Gasteiger partial charge in [-0.3, -0.25) is 14.4 Å². The molecule has 51 heavy (non-hydrogen) atoms. The minimum Gasteiger partial charge on any atom is -0.379 e. The maximum Gasteiger partial charge on any atom is 0.270 e. The van der Waals surface area contributed by atoms with Crippen LogP contribution < -0.4 is 15.4 Å². The number of piperidine rings is 1. The average molecular weight is 773 g/mol. The number of benzene rings is 2. The van der Waals surface area contributed by atoms with Crippen molar-refractivity contribution < 1.29 is 34.7 Å². The quantitative estimate of drug-likeness (QED) is 0.133. The van der Waals surface area contributed by atoms with Crippen molar-refractivity contribution in [2.24, 2.45) is 0 Å². The molecule has 3 N–H and O–H groups in total. The maximum atomic E-state index is 16.3. The molecule has 1 aromatic heterocycles. The highest BCUT2D eigenvalue weighted by Crippen LogP contribution is 2.37. The van der Waals surface area contributed by atoms with Crippen LogP contribution in [0.15, 0.2) is 45.0 Å². The van der Waals surface area contributed by atoms with E-state index in [4.69, 9.17) is 4.74 Å². The van der Waals surface area contributed by atoms with Crippen molar-refractivity contribution in [1.82, 2.24) is 29.9 Å². The first-order valence-electron chi connectivity index (χ1n) is 16.9. The van der Waals surface area contributed by atoms with Crippen LogP contribution in [0.3, 0.4) is 0 Å². The first-order chi connectivity index (χ1) is 24.3. The predicted molar refractivity (Wildman–Crippen MR) is 188 cm³/mol. The minimum absolute atomic E-state index is 0.286. The Morgan fingerprint density at radius 2 is 1.75 bits per heavy atom. The Labute approximate surface area is 300 Å². The van der Waals surface area contributed by atoms with Crippen molar-refractivity contribution in [3.63, 3.8) is 0 Å². The molecule has 3 aliphatic heterocycles. The number of thioether (sulfide) groups is 1. The summed E-state index contributed by atoms with van der Waals surface area (Å²) in [4.78, 5) is 2.21. The zero-order chi connectivity index (χ0) is 36.3. The molecular formula is C32H43F3N8O5S3. The highest BCUT2D eigenvalue weighted by atomic mass is 32.2. The SMILES string of the molecule is CC1CC(N2CCn3c(nnc3NS(=O)(=O)c3c(F)c(F)c(N[C@H](CCN4CCOCC4)CSc4ccccc4)c(S(C)(=O)=O)c3F)C2)CCN1. The Morgan fingerprint density at radius 1 is 1.00 bits per heavy atom. The zero-order valence-electron chi connectivity index (χ0n) is 28.4. The number of anilines is 2. The number of aromatic nitrogens is 3. The third kappa shape index (κ3) is 8.82. The highest BCUT2D eigenvalue weighted by molar-refractivity contribution is 7.99. The highest BCUT2D eigenvalue weighted by Gasteiger charge is 2.38. The second kappa shape index (κ2) is 16.0. The number of halogens is 3. The van der Waals surface area contributed by atoms with Gasteiger partial charge >= 0.3 is 0 Å². The lowest BCUT2D eigenvalue weighted by Crippen LogP contribution is -2.49. The average Bonchev–Trinajstić information content (AvgIpc) is 3.49. The molecule has 3 aliphatic rings. The van der Waals surface area contributed by atoms with E-state index in [9.17, 15) is 16.8 Å². The van der Waals surface area contributed by atoms with E-state index in [2.05, 4.69) is 37.6 Å². The van der Waals surface area contributed by atoms with Crippen LogP contribution in [-0.4, -0.2) is 117 Å². The summed E-state index contributed by atoms with van der Waals surface area (Å²) in [5.41, 5.74) is -0.959. The van der Waals surface area contributed by atoms with E-state index in [1.54, 1.807) is 0 Å². The summed E-state index contributed by atoms with van der Waals surface area (Å²) in [5, 5.41) is 14.2. The van der Waals surface area contributed by atoms with Gasteiger partial charge in [0.15, 0.2) is 32.2 Å². The fraction of sp³-hybridized carbons (Fsp3) is 0.562. The van der Waals surface area contributed by atoms with Crippen LogP contribution in [0.25, 0.3) is 0 Å². The Hall–Kier alpha value is -2.94. The van der Waals surface area contributed by atoms with Crippen molar-refractivity contribution in [2.45, 2.75) is 72.1 Å². The number of nitrogens with one attached hydrogen (secondary N) is 3. The largest absolute Gasteiger partial charge is 0.379 e. The van der Waals surface area contributed by atoms with E-state index in [1.807, 2.05) is 35.1 Å². The number of hydrogen-bond donors (Lipinski definition) is 3. The van der Waals surface area contributed by atoms with E-state index < -0.39 is 58.8 Å². The lowest BCUT2D eigenvalue weighted by atomic mass is 9.98. The van der Waals surface area contributed by atoms with Crippen molar-refractivity contribution in [3.05, 3.63) is 53.6 Å². The predicted octanol–water partition coefficient (Wildman–Crippen LogP) is 3.15. The molecule has 2 fully saturated rings. The summed E-state index contributed by atoms with van der Waals surface area (Å²) in [5.74, 6) is -5.39. The number of sulfone groups is 1. The molecule has 280 valence electrons. The summed E-state index contributed by atoms with van der Waals surface area (Å²) in [7, 11) is -9.89. The van der Waals surface area contributed by atoms with E-state index >= 15 is 13.2 Å². The van der Waals surface area contributed by atoms with Crippen molar-refractivity contribution >= 4 is 43.3 Å². The number of morpholine rings is 1. The van der Waals surface area contributed by atoms with Gasteiger partial charge in [-0.15, -0.1) is 22.0 Å². The van der Waals surface area contributed by atoms with Crippen molar-refractivity contribution in [1.29, 1.82) is 0 Å². The number of ether oxygens (including phenoxy) is 1. The summed E-state index contributed by atoms with van der Waals surface area (Å²) in [6.07, 6.45) is 2.85. The molecule has 2 unspecified atom stereocenters. The fourth-order valence-electron chi connectivity index (χ4n) is 6.78. The number of sulfonamides is 1. The number of nitrogens with zero attached hydrogens (tertiary/aromatic N) is 5. The molecule has 0 bridgehead atoms. The standard InChI is InChI=1S/C32H43F3N8O5S3/c1-21-18-23(8-10-36-21)42-12-13-43-25(19-42)38-39-32(43)40-51(46,47)30-27(34)26(33)29(31(28(30)35)50(2,44)45)37-22(9-11-41-14-16-48-17-15-41)20-49-24-6-4-3-5-7-24/h3-7,21-23,36-37H,8-20H2,1-2H3,(H,39,40)/t21?,22-,23?/m1/s1. The molecule has 6 rings (SSSR count). The van der Waals surface area contributed by atoms with Crippen LogP contribution in [0, 0.1) is 17.5 Å². The van der Waals surface area contributed by atoms with Crippen molar-refractivity contribution in [2.75, 3.05) is 68.0 Å². The molecule has 0 aliphatic carbocycles. The van der Waals surface area contributed by atoms with Gasteiger partial charge in [0.05, 0.1) is 25.4 Å². The van der Waals surface area contributed by atoms with Gasteiger partial charge in [-0.05, 0) is 44.9 Å². The van der Waals surface area contributed by atoms with Gasteiger partial charge < -0.3 is 15.4 Å². The lowest BCUT2D eigenvalue weighted by molar-refractivity contribution is 0.0370. The summed E-state index contributed by atoms with van der Waals surface area (Å²) in [6, 6.07) is 9.27. The van der Waals surface area contributed by atoms with Crippen LogP contribution in [0.4, 0.5) is 24.8 Å². The number of hydrogen-bond acceptors (Lipinski definition) is 12. The van der Waals surface area contributed by atoms with Crippen LogP contribution in [0.2, 0.25) is 0 Å². The molecule has 0 spiro atoms. The van der Waals surface area contributed by atoms with Gasteiger partial charge in [0, 0.05) is 67.8 Å². The summed E-state index contributed by atoms with van der Waals surface area (Å²) < 4.78 is 110. The smallest absolute Gasteiger partial charge is 0.270 e. The van der Waals surface area contributed by atoms with Gasteiger partial charge in [-0.25, -0.2) is 34.7 Å². The number of fused-ring (bicyclic) bond motifs is 1. The topological polar surface area (TPSA) is 151 Å². The van der Waals surface area contributed by atoms with Gasteiger partial charge in [0.25, 0.3) is 10.0 Å². The fourth-order valence-corrected chi connectivity index (χ4v) is 9.94. The van der Waals surface area contributed by atoms with Crippen LogP contribution in [-0.2, 0) is 37.7 Å². The van der Waals surface area contributed by atoms with Gasteiger partial charge in [-0.2, -0.15) is 0 Å². The molecule has 3 atom stereocenters. The van der Waals surface area contributed by atoms with Crippen LogP contribution in [0.1, 0.15) is 32.0 Å². The first-order valence-corrected chi connectivity index (χ1v) is 21.2. The molecular weight excluding hydrogens is 730 g/mol. The maximum absolute atomic E-state index is 16.3. The molecule has 0 amide bonds. The third-order valence-electron chi connectivity index (χ3n) is 9.44. The Morgan fingerprint density at radius 3 is 2.45 bits per heavy atom. The van der Waals surface area contributed by atoms with Crippen LogP contribution in [0.5, 0.6) is 0 Å². The summed E-state index contributed by atoms with van der Waals surface area (Å²) >= 11 is 1.40. The minimum atomic E-state index is -5.24. The van der Waals surface area contributed by atoms with E-state index in [0.717, 1.165) is 24.3 Å². The van der Waals surface area contributed by atoms with E-state index in [1.165, 1.54) is 16.3 Å². The van der Waals surface area contributed by atoms with Crippen LogP contribution >= 0.6 is 11.8 Å². The molecule has 3 aromatic rings. The monoisotopic (exact) mass is 772 g/mol. The number of rotatable bonds is 13. The van der Waals surface area contributed by atoms with Crippen molar-refractivity contribution in [3.8, 4) is 0 Å². The molecule has 2 aromatic carbocycles. The molecule has 19 heteroatoms. The lowest BCUT2D eigenvalue weighted by Gasteiger charge is -2.39. The zero-order valence-corrected chi connectivity index (χ0v) is 30.9. The molecule has 13 nitrogen and oxygen atoms in total. The Balaban J connectivity index is 1.27. The second-order valence-electron chi connectivity index (χ2n) is 13.2. The molecule has 0 radical (unpaired) electrons. The Bertz CT molecular complexity index is 1910.